The van der Waals surface area contributed by atoms with E-state index in [1.807, 2.05) is 0 Å². The van der Waals surface area contributed by atoms with E-state index in [1.165, 1.54) is 18.3 Å². The molecule has 1 aromatic carbocycles. The number of benzene rings is 1. The monoisotopic (exact) mass is 458 g/mol. The van der Waals surface area contributed by atoms with Crippen LogP contribution in [-0.2, 0) is 9.53 Å². The standard InChI is InChI=1S/C23H30N4O4S/c1-5-31-23(30)19-16(3)20(21(29)24-4)32-22(19)25-18(28)14-26-9-11-27(12-10-26)17-8-6-7-15(2)13-17/h6-8,13H,5,9-12,14H2,1-4H3,(H,24,29)(H,25,28). The van der Waals surface area contributed by atoms with Gasteiger partial charge in [-0.2, -0.15) is 0 Å². The maximum absolute atomic E-state index is 12.8. The lowest BCUT2D eigenvalue weighted by molar-refractivity contribution is -0.117. The minimum atomic E-state index is -0.543. The first-order valence-corrected chi connectivity index (χ1v) is 11.5. The van der Waals surface area contributed by atoms with Crippen LogP contribution in [0, 0.1) is 13.8 Å². The van der Waals surface area contributed by atoms with Crippen molar-refractivity contribution in [3.63, 3.8) is 0 Å². The third kappa shape index (κ3) is 5.46. The van der Waals surface area contributed by atoms with E-state index in [2.05, 4.69) is 51.6 Å². The number of esters is 1. The Bertz CT molecular complexity index is 996. The van der Waals surface area contributed by atoms with Crippen molar-refractivity contribution in [3.8, 4) is 0 Å². The molecule has 0 saturated carbocycles. The average molecular weight is 459 g/mol. The first kappa shape index (κ1) is 23.7. The predicted molar refractivity (Wildman–Crippen MR) is 127 cm³/mol. The molecule has 2 amide bonds. The quantitative estimate of drug-likeness (QED) is 0.620. The smallest absolute Gasteiger partial charge is 0.341 e. The van der Waals surface area contributed by atoms with Crippen LogP contribution in [-0.4, -0.2) is 69.1 Å². The van der Waals surface area contributed by atoms with Gasteiger partial charge in [-0.1, -0.05) is 12.1 Å². The minimum absolute atomic E-state index is 0.210. The third-order valence-corrected chi connectivity index (χ3v) is 6.62. The number of hydrogen-bond donors (Lipinski definition) is 2. The van der Waals surface area contributed by atoms with Crippen molar-refractivity contribution in [1.82, 2.24) is 10.2 Å². The van der Waals surface area contributed by atoms with E-state index in [0.717, 1.165) is 37.5 Å². The van der Waals surface area contributed by atoms with Gasteiger partial charge in [-0.3, -0.25) is 14.5 Å². The minimum Gasteiger partial charge on any atom is -0.462 e. The molecule has 8 nitrogen and oxygen atoms in total. The molecule has 1 aliphatic rings. The van der Waals surface area contributed by atoms with Gasteiger partial charge < -0.3 is 20.3 Å². The SMILES string of the molecule is CCOC(=O)c1c(NC(=O)CN2CCN(c3cccc(C)c3)CC2)sc(C(=O)NC)c1C. The van der Waals surface area contributed by atoms with Crippen molar-refractivity contribution in [1.29, 1.82) is 0 Å². The Morgan fingerprint density at radius 1 is 1.12 bits per heavy atom. The maximum atomic E-state index is 12.8. The molecule has 0 aliphatic carbocycles. The molecule has 0 spiro atoms. The highest BCUT2D eigenvalue weighted by molar-refractivity contribution is 7.18. The molecule has 3 rings (SSSR count). The molecular weight excluding hydrogens is 428 g/mol. The number of carbonyl (C=O) groups is 3. The highest BCUT2D eigenvalue weighted by Gasteiger charge is 2.27. The second kappa shape index (κ2) is 10.6. The molecule has 32 heavy (non-hydrogen) atoms. The van der Waals surface area contributed by atoms with Crippen LogP contribution < -0.4 is 15.5 Å². The fraction of sp³-hybridized carbons (Fsp3) is 0.435. The summed E-state index contributed by atoms with van der Waals surface area (Å²) in [5.41, 5.74) is 3.18. The van der Waals surface area contributed by atoms with Gasteiger partial charge in [0.15, 0.2) is 0 Å². The normalized spacial score (nSPS) is 14.2. The second-order valence-electron chi connectivity index (χ2n) is 7.71. The van der Waals surface area contributed by atoms with E-state index in [0.29, 0.717) is 15.4 Å². The number of anilines is 2. The summed E-state index contributed by atoms with van der Waals surface area (Å²) in [5, 5.41) is 5.75. The summed E-state index contributed by atoms with van der Waals surface area (Å²) in [6, 6.07) is 8.41. The molecule has 2 N–H and O–H groups in total. The number of rotatable bonds is 7. The van der Waals surface area contributed by atoms with E-state index in [-0.39, 0.29) is 30.5 Å². The molecule has 9 heteroatoms. The summed E-state index contributed by atoms with van der Waals surface area (Å²) in [5.74, 6) is -1.06. The largest absolute Gasteiger partial charge is 0.462 e. The lowest BCUT2D eigenvalue weighted by Gasteiger charge is -2.35. The molecule has 1 aliphatic heterocycles. The van der Waals surface area contributed by atoms with Crippen LogP contribution in [0.5, 0.6) is 0 Å². The van der Waals surface area contributed by atoms with Gasteiger partial charge in [0.25, 0.3) is 5.91 Å². The van der Waals surface area contributed by atoms with E-state index >= 15 is 0 Å². The molecule has 0 atom stereocenters. The molecule has 0 bridgehead atoms. The van der Waals surface area contributed by atoms with Crippen molar-refractivity contribution < 1.29 is 19.1 Å². The van der Waals surface area contributed by atoms with E-state index in [4.69, 9.17) is 4.74 Å². The van der Waals surface area contributed by atoms with Crippen molar-refractivity contribution in [2.24, 2.45) is 0 Å². The highest BCUT2D eigenvalue weighted by Crippen LogP contribution is 2.33. The zero-order valence-corrected chi connectivity index (χ0v) is 19.8. The molecule has 172 valence electrons. The molecule has 0 radical (unpaired) electrons. The molecule has 2 heterocycles. The number of nitrogens with one attached hydrogen (secondary N) is 2. The van der Waals surface area contributed by atoms with Crippen LogP contribution in [0.25, 0.3) is 0 Å². The van der Waals surface area contributed by atoms with Crippen molar-refractivity contribution in [3.05, 3.63) is 45.8 Å². The van der Waals surface area contributed by atoms with E-state index < -0.39 is 5.97 Å². The lowest BCUT2D eigenvalue weighted by Crippen LogP contribution is -2.48. The molecule has 0 unspecified atom stereocenters. The number of carbonyl (C=O) groups excluding carboxylic acids is 3. The van der Waals surface area contributed by atoms with Crippen LogP contribution in [0.4, 0.5) is 10.7 Å². The average Bonchev–Trinajstić information content (AvgIpc) is 3.09. The first-order valence-electron chi connectivity index (χ1n) is 10.7. The number of aryl methyl sites for hydroxylation is 1. The Balaban J connectivity index is 1.64. The van der Waals surface area contributed by atoms with Gasteiger partial charge in [0.2, 0.25) is 5.91 Å². The van der Waals surface area contributed by atoms with Crippen molar-refractivity contribution in [2.75, 3.05) is 56.6 Å². The zero-order chi connectivity index (χ0) is 23.3. The number of hydrogen-bond acceptors (Lipinski definition) is 7. The molecular formula is C23H30N4O4S. The summed E-state index contributed by atoms with van der Waals surface area (Å²) >= 11 is 1.09. The third-order valence-electron chi connectivity index (χ3n) is 5.42. The topological polar surface area (TPSA) is 91.0 Å². The number of ether oxygens (including phenoxy) is 1. The Morgan fingerprint density at radius 3 is 2.47 bits per heavy atom. The Kier molecular flexibility index (Phi) is 7.87. The maximum Gasteiger partial charge on any atom is 0.341 e. The van der Waals surface area contributed by atoms with Crippen molar-refractivity contribution >= 4 is 39.8 Å². The zero-order valence-electron chi connectivity index (χ0n) is 19.0. The Morgan fingerprint density at radius 2 is 1.84 bits per heavy atom. The fourth-order valence-electron chi connectivity index (χ4n) is 3.74. The van der Waals surface area contributed by atoms with Gasteiger partial charge in [0, 0.05) is 38.9 Å². The molecule has 1 fully saturated rings. The Labute approximate surface area is 192 Å². The van der Waals surface area contributed by atoms with Crippen LogP contribution in [0.2, 0.25) is 0 Å². The highest BCUT2D eigenvalue weighted by atomic mass is 32.1. The van der Waals surface area contributed by atoms with Gasteiger partial charge in [0.1, 0.15) is 5.00 Å². The summed E-state index contributed by atoms with van der Waals surface area (Å²) < 4.78 is 5.14. The summed E-state index contributed by atoms with van der Waals surface area (Å²) in [4.78, 5) is 42.2. The Hall–Kier alpha value is -2.91. The molecule has 1 aromatic heterocycles. The van der Waals surface area contributed by atoms with Crippen LogP contribution in [0.15, 0.2) is 24.3 Å². The molecule has 2 aromatic rings. The van der Waals surface area contributed by atoms with Crippen LogP contribution >= 0.6 is 11.3 Å². The van der Waals surface area contributed by atoms with Gasteiger partial charge in [-0.25, -0.2) is 4.79 Å². The van der Waals surface area contributed by atoms with Gasteiger partial charge in [0.05, 0.1) is 23.6 Å². The summed E-state index contributed by atoms with van der Waals surface area (Å²) in [6.07, 6.45) is 0. The van der Waals surface area contributed by atoms with E-state index in [9.17, 15) is 14.4 Å². The first-order chi connectivity index (χ1) is 15.3. The summed E-state index contributed by atoms with van der Waals surface area (Å²) in [6.45, 7) is 9.11. The number of thiophene rings is 1. The number of piperazine rings is 1. The van der Waals surface area contributed by atoms with Gasteiger partial charge >= 0.3 is 5.97 Å². The fourth-order valence-corrected chi connectivity index (χ4v) is 4.90. The summed E-state index contributed by atoms with van der Waals surface area (Å²) in [7, 11) is 1.53. The predicted octanol–water partition coefficient (Wildman–Crippen LogP) is 2.66. The van der Waals surface area contributed by atoms with Gasteiger partial charge in [-0.15, -0.1) is 11.3 Å². The second-order valence-corrected chi connectivity index (χ2v) is 8.73. The van der Waals surface area contributed by atoms with Crippen LogP contribution in [0.1, 0.15) is 38.1 Å². The van der Waals surface area contributed by atoms with Crippen molar-refractivity contribution in [2.45, 2.75) is 20.8 Å². The molecule has 1 saturated heterocycles. The number of nitrogens with zero attached hydrogens (tertiary/aromatic N) is 2. The van der Waals surface area contributed by atoms with Crippen LogP contribution in [0.3, 0.4) is 0 Å². The van der Waals surface area contributed by atoms with E-state index in [1.54, 1.807) is 13.8 Å². The lowest BCUT2D eigenvalue weighted by atomic mass is 10.1. The van der Waals surface area contributed by atoms with Gasteiger partial charge in [-0.05, 0) is 44.0 Å². The number of amides is 2.